The molecule has 0 spiro atoms. The number of pyridine rings is 1. The first-order valence-electron chi connectivity index (χ1n) is 9.46. The lowest BCUT2D eigenvalue weighted by Gasteiger charge is -2.28. The van der Waals surface area contributed by atoms with Gasteiger partial charge in [0, 0.05) is 24.8 Å². The number of nitrogens with zero attached hydrogens (tertiary/aromatic N) is 4. The van der Waals surface area contributed by atoms with Crippen LogP contribution in [0.25, 0.3) is 17.0 Å². The zero-order chi connectivity index (χ0) is 22.4. The van der Waals surface area contributed by atoms with E-state index in [-0.39, 0.29) is 23.4 Å². The van der Waals surface area contributed by atoms with Crippen LogP contribution in [0.2, 0.25) is 0 Å². The molecule has 4 N–H and O–H groups in total. The van der Waals surface area contributed by atoms with E-state index in [4.69, 9.17) is 0 Å². The molecule has 0 aromatic carbocycles. The minimum absolute atomic E-state index is 0.101. The van der Waals surface area contributed by atoms with Crippen LogP contribution in [0.5, 0.6) is 0 Å². The highest BCUT2D eigenvalue weighted by molar-refractivity contribution is 5.62. The predicted molar refractivity (Wildman–Crippen MR) is 103 cm³/mol. The third-order valence-corrected chi connectivity index (χ3v) is 5.35. The Morgan fingerprint density at radius 1 is 1.26 bits per heavy atom. The Morgan fingerprint density at radius 2 is 2.03 bits per heavy atom. The second kappa shape index (κ2) is 7.70. The SMILES string of the molecule is CC(O)(c1cn2c(-c3cncc(N[C@H]4CNC[C@@H]4F)n3)cnc2cc1CO)C(F)(F)F. The smallest absolute Gasteiger partial charge is 0.392 e. The third-order valence-electron chi connectivity index (χ3n) is 5.35. The molecule has 3 aromatic rings. The topological polar surface area (TPSA) is 108 Å². The van der Waals surface area contributed by atoms with Crippen LogP contribution in [0.4, 0.5) is 23.4 Å². The van der Waals surface area contributed by atoms with Gasteiger partial charge in [-0.3, -0.25) is 9.38 Å². The number of hydrogen-bond acceptors (Lipinski definition) is 7. The van der Waals surface area contributed by atoms with Crippen molar-refractivity contribution in [3.8, 4) is 11.4 Å². The fourth-order valence-corrected chi connectivity index (χ4v) is 3.51. The summed E-state index contributed by atoms with van der Waals surface area (Å²) in [7, 11) is 0. The van der Waals surface area contributed by atoms with E-state index in [0.717, 1.165) is 6.20 Å². The van der Waals surface area contributed by atoms with Gasteiger partial charge in [-0.15, -0.1) is 0 Å². The molecule has 1 aliphatic rings. The van der Waals surface area contributed by atoms with Crippen molar-refractivity contribution in [2.75, 3.05) is 18.4 Å². The largest absolute Gasteiger partial charge is 0.421 e. The van der Waals surface area contributed by atoms with E-state index in [2.05, 4.69) is 25.6 Å². The number of halogens is 4. The maximum absolute atomic E-state index is 13.9. The fourth-order valence-electron chi connectivity index (χ4n) is 3.51. The number of anilines is 1. The lowest BCUT2D eigenvalue weighted by Crippen LogP contribution is -2.40. The Labute approximate surface area is 174 Å². The van der Waals surface area contributed by atoms with Gasteiger partial charge in [-0.1, -0.05) is 0 Å². The molecule has 0 radical (unpaired) electrons. The molecule has 4 heterocycles. The minimum Gasteiger partial charge on any atom is -0.392 e. The summed E-state index contributed by atoms with van der Waals surface area (Å²) in [6.07, 6.45) is -0.766. The Bertz CT molecular complexity index is 1100. The van der Waals surface area contributed by atoms with Gasteiger partial charge >= 0.3 is 6.18 Å². The van der Waals surface area contributed by atoms with Crippen molar-refractivity contribution in [3.63, 3.8) is 0 Å². The number of rotatable bonds is 5. The Hall–Kier alpha value is -2.83. The number of alkyl halides is 4. The van der Waals surface area contributed by atoms with E-state index in [1.54, 1.807) is 0 Å². The van der Waals surface area contributed by atoms with Crippen LogP contribution < -0.4 is 10.6 Å². The number of aromatic nitrogens is 4. The average molecular weight is 440 g/mol. The summed E-state index contributed by atoms with van der Waals surface area (Å²) in [6, 6.07) is 0.791. The molecule has 31 heavy (non-hydrogen) atoms. The average Bonchev–Trinajstić information content (AvgIpc) is 3.32. The molecule has 8 nitrogen and oxygen atoms in total. The summed E-state index contributed by atoms with van der Waals surface area (Å²) >= 11 is 0. The van der Waals surface area contributed by atoms with Crippen molar-refractivity contribution in [1.82, 2.24) is 24.7 Å². The maximum atomic E-state index is 13.9. The highest BCUT2D eigenvalue weighted by Gasteiger charge is 2.52. The van der Waals surface area contributed by atoms with Crippen molar-refractivity contribution < 1.29 is 27.8 Å². The van der Waals surface area contributed by atoms with Gasteiger partial charge in [0.25, 0.3) is 0 Å². The number of fused-ring (bicyclic) bond motifs is 1. The van der Waals surface area contributed by atoms with Gasteiger partial charge in [0.15, 0.2) is 5.60 Å². The molecule has 1 aliphatic heterocycles. The van der Waals surface area contributed by atoms with Crippen LogP contribution in [0.3, 0.4) is 0 Å². The van der Waals surface area contributed by atoms with Crippen molar-refractivity contribution >= 4 is 11.5 Å². The van der Waals surface area contributed by atoms with Crippen LogP contribution in [0, 0.1) is 0 Å². The molecule has 0 amide bonds. The van der Waals surface area contributed by atoms with E-state index in [9.17, 15) is 27.8 Å². The van der Waals surface area contributed by atoms with Gasteiger partial charge in [-0.2, -0.15) is 13.2 Å². The summed E-state index contributed by atoms with van der Waals surface area (Å²) < 4.78 is 55.5. The Balaban J connectivity index is 1.77. The minimum atomic E-state index is -4.97. The van der Waals surface area contributed by atoms with Crippen molar-refractivity contribution in [3.05, 3.63) is 42.0 Å². The van der Waals surface area contributed by atoms with Gasteiger partial charge in [0.2, 0.25) is 0 Å². The van der Waals surface area contributed by atoms with E-state index < -0.39 is 36.2 Å². The predicted octanol–water partition coefficient (Wildman–Crippen LogP) is 1.78. The third kappa shape index (κ3) is 3.82. The zero-order valence-corrected chi connectivity index (χ0v) is 16.4. The van der Waals surface area contributed by atoms with Gasteiger partial charge in [-0.25, -0.2) is 14.4 Å². The first kappa shape index (κ1) is 21.4. The Morgan fingerprint density at radius 3 is 2.68 bits per heavy atom. The van der Waals surface area contributed by atoms with Crippen LogP contribution in [-0.2, 0) is 12.2 Å². The lowest BCUT2D eigenvalue weighted by molar-refractivity contribution is -0.259. The maximum Gasteiger partial charge on any atom is 0.421 e. The van der Waals surface area contributed by atoms with Crippen molar-refractivity contribution in [1.29, 1.82) is 0 Å². The number of aliphatic hydroxyl groups is 2. The summed E-state index contributed by atoms with van der Waals surface area (Å²) in [5, 5.41) is 25.6. The quantitative estimate of drug-likeness (QED) is 0.448. The molecular formula is C19H20F4N6O2. The summed E-state index contributed by atoms with van der Waals surface area (Å²) in [5.41, 5.74) is -2.94. The second-order valence-electron chi connectivity index (χ2n) is 7.53. The number of hydrogen-bond donors (Lipinski definition) is 4. The molecule has 0 bridgehead atoms. The number of nitrogens with one attached hydrogen (secondary N) is 2. The standard InChI is InChI=1S/C19H20F4N6O2/c1-18(31,19(21,22)23)11-8-29-15(6-26-17(29)2-10(11)9-30)14-5-25-7-16(28-14)27-13-4-24-3-12(13)20/h2,5-8,12-13,24,30-31H,3-4,9H2,1H3,(H,27,28)/t12-,13-,18?/m0/s1. The number of aliphatic hydroxyl groups excluding tert-OH is 1. The van der Waals surface area contributed by atoms with Gasteiger partial charge < -0.3 is 20.8 Å². The van der Waals surface area contributed by atoms with Gasteiger partial charge in [0.05, 0.1) is 36.9 Å². The molecule has 3 aromatic heterocycles. The van der Waals surface area contributed by atoms with Crippen molar-refractivity contribution in [2.24, 2.45) is 0 Å². The van der Waals surface area contributed by atoms with E-state index >= 15 is 0 Å². The molecule has 3 atom stereocenters. The van der Waals surface area contributed by atoms with Gasteiger partial charge in [-0.05, 0) is 18.6 Å². The molecule has 1 saturated heterocycles. The first-order chi connectivity index (χ1) is 14.6. The molecule has 166 valence electrons. The second-order valence-corrected chi connectivity index (χ2v) is 7.53. The fraction of sp³-hybridized carbons (Fsp3) is 0.421. The highest BCUT2D eigenvalue weighted by atomic mass is 19.4. The van der Waals surface area contributed by atoms with E-state index in [1.165, 1.54) is 29.1 Å². The first-order valence-corrected chi connectivity index (χ1v) is 9.46. The van der Waals surface area contributed by atoms with Crippen LogP contribution in [0.1, 0.15) is 18.1 Å². The zero-order valence-electron chi connectivity index (χ0n) is 16.4. The molecule has 0 saturated carbocycles. The lowest BCUT2D eigenvalue weighted by atomic mass is 9.92. The van der Waals surface area contributed by atoms with Gasteiger partial charge in [0.1, 0.15) is 23.3 Å². The molecule has 0 aliphatic carbocycles. The summed E-state index contributed by atoms with van der Waals surface area (Å²) in [4.78, 5) is 12.6. The van der Waals surface area contributed by atoms with Crippen LogP contribution in [0.15, 0.2) is 30.9 Å². The summed E-state index contributed by atoms with van der Waals surface area (Å²) in [6.45, 7) is 0.562. The van der Waals surface area contributed by atoms with Crippen LogP contribution >= 0.6 is 0 Å². The highest BCUT2D eigenvalue weighted by Crippen LogP contribution is 2.40. The molecule has 1 fully saturated rings. The van der Waals surface area contributed by atoms with Crippen LogP contribution in [-0.4, -0.2) is 61.0 Å². The number of imidazole rings is 1. The molecular weight excluding hydrogens is 420 g/mol. The van der Waals surface area contributed by atoms with E-state index in [0.29, 0.717) is 25.0 Å². The molecule has 1 unspecified atom stereocenters. The monoisotopic (exact) mass is 440 g/mol. The Kier molecular flexibility index (Phi) is 5.31. The molecule has 4 rings (SSSR count). The summed E-state index contributed by atoms with van der Waals surface area (Å²) in [5.74, 6) is 0.304. The molecule has 12 heteroatoms. The van der Waals surface area contributed by atoms with E-state index in [1.807, 2.05) is 0 Å². The normalized spacial score (nSPS) is 21.4. The van der Waals surface area contributed by atoms with Crippen molar-refractivity contribution in [2.45, 2.75) is 37.5 Å².